The van der Waals surface area contributed by atoms with Gasteiger partial charge in [-0.25, -0.2) is 4.79 Å². The van der Waals surface area contributed by atoms with Crippen molar-refractivity contribution >= 4 is 23.9 Å². The van der Waals surface area contributed by atoms with Crippen molar-refractivity contribution in [1.82, 2.24) is 15.1 Å². The molecule has 11 heteroatoms. The van der Waals surface area contributed by atoms with Crippen molar-refractivity contribution in [3.05, 3.63) is 23.8 Å². The van der Waals surface area contributed by atoms with Crippen LogP contribution in [0, 0.1) is 11.8 Å². The van der Waals surface area contributed by atoms with Crippen LogP contribution in [0.3, 0.4) is 0 Å². The number of hydrogen-bond acceptors (Lipinski definition) is 8. The van der Waals surface area contributed by atoms with Crippen LogP contribution in [-0.2, 0) is 30.3 Å². The van der Waals surface area contributed by atoms with Crippen LogP contribution < -0.4 is 14.8 Å². The van der Waals surface area contributed by atoms with Crippen LogP contribution in [0.5, 0.6) is 11.5 Å². The minimum Gasteiger partial charge on any atom is -0.493 e. The van der Waals surface area contributed by atoms with Crippen LogP contribution in [-0.4, -0.2) is 92.8 Å². The molecule has 0 saturated carbocycles. The quantitative estimate of drug-likeness (QED) is 0.344. The number of hydrogen-bond donors (Lipinski definition) is 1. The zero-order chi connectivity index (χ0) is 32.3. The van der Waals surface area contributed by atoms with Gasteiger partial charge in [-0.2, -0.15) is 0 Å². The van der Waals surface area contributed by atoms with E-state index in [0.717, 1.165) is 31.2 Å². The van der Waals surface area contributed by atoms with E-state index in [1.54, 1.807) is 19.1 Å². The van der Waals surface area contributed by atoms with E-state index in [1.807, 2.05) is 43.9 Å². The number of piperidine rings is 2. The van der Waals surface area contributed by atoms with Gasteiger partial charge in [-0.3, -0.25) is 14.4 Å². The van der Waals surface area contributed by atoms with Crippen molar-refractivity contribution in [3.8, 4) is 11.5 Å². The Morgan fingerprint density at radius 3 is 2.30 bits per heavy atom. The van der Waals surface area contributed by atoms with E-state index in [9.17, 15) is 19.2 Å². The number of amides is 3. The largest absolute Gasteiger partial charge is 0.493 e. The first-order valence-electron chi connectivity index (χ1n) is 15.8. The molecule has 2 saturated heterocycles. The van der Waals surface area contributed by atoms with Gasteiger partial charge in [0.15, 0.2) is 11.5 Å². The minimum atomic E-state index is -0.516. The number of rotatable bonds is 12. The maximum atomic E-state index is 13.3. The molecule has 2 fully saturated rings. The molecular weight excluding hydrogens is 566 g/mol. The summed E-state index contributed by atoms with van der Waals surface area (Å²) in [5.74, 6) is 0.847. The minimum absolute atomic E-state index is 0.0663. The number of carbonyl (C=O) groups excluding carboxylic acids is 4. The number of ether oxygens (including phenoxy) is 4. The van der Waals surface area contributed by atoms with Gasteiger partial charge >= 0.3 is 12.1 Å². The molecule has 2 heterocycles. The van der Waals surface area contributed by atoms with E-state index in [1.165, 1.54) is 7.11 Å². The SMILES string of the molecule is COC(=O)CC(CCc1ccc(OC)c(OC)c1)NC(=O)[C@@H]1CCCN(C(=O)CCC2CCN(C(=O)OC(C)(C)C)CC2)C1. The molecule has 2 atom stereocenters. The second-order valence-corrected chi connectivity index (χ2v) is 12.8. The van der Waals surface area contributed by atoms with E-state index < -0.39 is 11.6 Å². The molecule has 3 amide bonds. The van der Waals surface area contributed by atoms with Crippen molar-refractivity contribution < 1.29 is 38.1 Å². The summed E-state index contributed by atoms with van der Waals surface area (Å²) >= 11 is 0. The Morgan fingerprint density at radius 1 is 0.955 bits per heavy atom. The predicted molar refractivity (Wildman–Crippen MR) is 165 cm³/mol. The first-order valence-corrected chi connectivity index (χ1v) is 15.8. The average molecular weight is 618 g/mol. The molecule has 1 aromatic carbocycles. The van der Waals surface area contributed by atoms with E-state index >= 15 is 0 Å². The van der Waals surface area contributed by atoms with E-state index in [0.29, 0.717) is 69.3 Å². The van der Waals surface area contributed by atoms with Crippen LogP contribution in [0.1, 0.15) is 77.7 Å². The summed E-state index contributed by atoms with van der Waals surface area (Å²) in [4.78, 5) is 54.5. The summed E-state index contributed by atoms with van der Waals surface area (Å²) < 4.78 is 21.1. The van der Waals surface area contributed by atoms with Gasteiger partial charge in [0.1, 0.15) is 5.60 Å². The monoisotopic (exact) mass is 617 g/mol. The van der Waals surface area contributed by atoms with E-state index in [2.05, 4.69) is 5.32 Å². The molecule has 1 N–H and O–H groups in total. The Bertz CT molecular complexity index is 1130. The molecule has 0 aromatic heterocycles. The molecule has 44 heavy (non-hydrogen) atoms. The van der Waals surface area contributed by atoms with Crippen LogP contribution in [0.2, 0.25) is 0 Å². The third kappa shape index (κ3) is 10.9. The number of benzene rings is 1. The molecule has 0 spiro atoms. The Labute approximate surface area is 261 Å². The summed E-state index contributed by atoms with van der Waals surface area (Å²) in [5.41, 5.74) is 0.481. The number of esters is 1. The van der Waals surface area contributed by atoms with Crippen molar-refractivity contribution in [2.24, 2.45) is 11.8 Å². The summed E-state index contributed by atoms with van der Waals surface area (Å²) in [6.45, 7) is 7.88. The van der Waals surface area contributed by atoms with Crippen molar-refractivity contribution in [2.45, 2.75) is 90.2 Å². The van der Waals surface area contributed by atoms with Gasteiger partial charge in [0.25, 0.3) is 0 Å². The van der Waals surface area contributed by atoms with Gasteiger partial charge in [0.05, 0.1) is 33.7 Å². The molecule has 0 bridgehead atoms. The van der Waals surface area contributed by atoms with Crippen LogP contribution in [0.4, 0.5) is 4.79 Å². The highest BCUT2D eigenvalue weighted by Gasteiger charge is 2.31. The number of carbonyl (C=O) groups is 4. The molecule has 2 aliphatic heterocycles. The molecule has 3 rings (SSSR count). The summed E-state index contributed by atoms with van der Waals surface area (Å²) in [6.07, 6.45) is 5.30. The predicted octanol–water partition coefficient (Wildman–Crippen LogP) is 4.35. The first kappa shape index (κ1) is 35.0. The molecule has 2 aliphatic rings. The Kier molecular flexibility index (Phi) is 13.1. The smallest absolute Gasteiger partial charge is 0.410 e. The molecule has 1 unspecified atom stereocenters. The van der Waals surface area contributed by atoms with Gasteiger partial charge in [-0.05, 0) is 89.3 Å². The topological polar surface area (TPSA) is 124 Å². The van der Waals surface area contributed by atoms with Crippen molar-refractivity contribution in [1.29, 1.82) is 0 Å². The summed E-state index contributed by atoms with van der Waals surface area (Å²) in [6, 6.07) is 5.27. The van der Waals surface area contributed by atoms with Gasteiger partial charge in [-0.1, -0.05) is 6.07 Å². The highest BCUT2D eigenvalue weighted by Crippen LogP contribution is 2.29. The second kappa shape index (κ2) is 16.5. The zero-order valence-corrected chi connectivity index (χ0v) is 27.3. The molecular formula is C33H51N3O8. The number of nitrogens with one attached hydrogen (secondary N) is 1. The standard InChI is InChI=1S/C33H51N3O8/c1-33(2,3)44-32(40)35-18-15-23(16-19-35)11-14-29(37)36-17-7-8-25(22-36)31(39)34-26(21-30(38)43-6)12-9-24-10-13-27(41-4)28(20-24)42-5/h10,13,20,23,25-26H,7-9,11-12,14-19,21-22H2,1-6H3,(H,34,39)/t25-,26?/m1/s1. The lowest BCUT2D eigenvalue weighted by Gasteiger charge is -2.35. The van der Waals surface area contributed by atoms with Crippen LogP contribution in [0.25, 0.3) is 0 Å². The number of nitrogens with zero attached hydrogens (tertiary/aromatic N) is 2. The summed E-state index contributed by atoms with van der Waals surface area (Å²) in [5, 5.41) is 3.07. The molecule has 246 valence electrons. The van der Waals surface area contributed by atoms with Gasteiger partial charge < -0.3 is 34.1 Å². The Hall–Kier alpha value is -3.50. The number of aryl methyl sites for hydroxylation is 1. The maximum absolute atomic E-state index is 13.3. The third-order valence-corrected chi connectivity index (χ3v) is 8.39. The second-order valence-electron chi connectivity index (χ2n) is 12.8. The fourth-order valence-electron chi connectivity index (χ4n) is 5.84. The van der Waals surface area contributed by atoms with E-state index in [-0.39, 0.29) is 36.2 Å². The summed E-state index contributed by atoms with van der Waals surface area (Å²) in [7, 11) is 4.50. The van der Waals surface area contributed by atoms with Gasteiger partial charge in [-0.15, -0.1) is 0 Å². The maximum Gasteiger partial charge on any atom is 0.410 e. The highest BCUT2D eigenvalue weighted by atomic mass is 16.6. The average Bonchev–Trinajstić information content (AvgIpc) is 3.01. The van der Waals surface area contributed by atoms with Crippen LogP contribution >= 0.6 is 0 Å². The number of likely N-dealkylation sites (tertiary alicyclic amines) is 2. The van der Waals surface area contributed by atoms with Gasteiger partial charge in [0, 0.05) is 38.6 Å². The van der Waals surface area contributed by atoms with Crippen molar-refractivity contribution in [3.63, 3.8) is 0 Å². The fraction of sp³-hybridized carbons (Fsp3) is 0.697. The molecule has 1 aromatic rings. The molecule has 0 radical (unpaired) electrons. The lowest BCUT2D eigenvalue weighted by Crippen LogP contribution is -2.48. The van der Waals surface area contributed by atoms with Crippen molar-refractivity contribution in [2.75, 3.05) is 47.5 Å². The first-order chi connectivity index (χ1) is 20.9. The van der Waals surface area contributed by atoms with E-state index in [4.69, 9.17) is 18.9 Å². The lowest BCUT2D eigenvalue weighted by molar-refractivity contribution is -0.141. The normalized spacial score (nSPS) is 18.3. The third-order valence-electron chi connectivity index (χ3n) is 8.39. The Morgan fingerprint density at radius 2 is 1.66 bits per heavy atom. The molecule has 11 nitrogen and oxygen atoms in total. The highest BCUT2D eigenvalue weighted by molar-refractivity contribution is 5.82. The lowest BCUT2D eigenvalue weighted by atomic mass is 9.91. The van der Waals surface area contributed by atoms with Crippen LogP contribution in [0.15, 0.2) is 18.2 Å². The number of methoxy groups -OCH3 is 3. The zero-order valence-electron chi connectivity index (χ0n) is 27.3. The fourth-order valence-corrected chi connectivity index (χ4v) is 5.84. The van der Waals surface area contributed by atoms with Gasteiger partial charge in [0.2, 0.25) is 11.8 Å². The Balaban J connectivity index is 1.48. The molecule has 0 aliphatic carbocycles.